The maximum Gasteiger partial charge on any atom is 0.356 e. The van der Waals surface area contributed by atoms with Gasteiger partial charge in [-0.15, -0.1) is 0 Å². The Bertz CT molecular complexity index is 572. The summed E-state index contributed by atoms with van der Waals surface area (Å²) < 4.78 is 6.63. The number of fused-ring (bicyclic) bond motifs is 1. The predicted octanol–water partition coefficient (Wildman–Crippen LogP) is 1.78. The first-order chi connectivity index (χ1) is 8.31. The van der Waals surface area contributed by atoms with Crippen molar-refractivity contribution in [2.45, 2.75) is 25.2 Å². The lowest BCUT2D eigenvalue weighted by Gasteiger charge is -2.26. The van der Waals surface area contributed by atoms with Gasteiger partial charge in [0, 0.05) is 17.8 Å². The number of rotatable bonds is 2. The zero-order valence-corrected chi connectivity index (χ0v) is 9.59. The van der Waals surface area contributed by atoms with Crippen LogP contribution in [-0.2, 0) is 4.74 Å². The van der Waals surface area contributed by atoms with Crippen molar-refractivity contribution in [3.63, 3.8) is 0 Å². The summed E-state index contributed by atoms with van der Waals surface area (Å²) in [5.41, 5.74) is 2.24. The molecule has 0 atom stereocenters. The van der Waals surface area contributed by atoms with Crippen molar-refractivity contribution >= 4 is 11.6 Å². The lowest BCUT2D eigenvalue weighted by molar-refractivity contribution is 0.0592. The second-order valence-electron chi connectivity index (χ2n) is 4.29. The number of esters is 1. The van der Waals surface area contributed by atoms with Crippen LogP contribution in [-0.4, -0.2) is 27.4 Å². The van der Waals surface area contributed by atoms with Gasteiger partial charge < -0.3 is 4.74 Å². The maximum atomic E-state index is 11.7. The fourth-order valence-corrected chi connectivity index (χ4v) is 2.21. The standard InChI is InChI=1S/C12H13N3O2/c1-17-12(16)10-6-14-11-7-13-5-9(15(10)11)8-3-2-4-8/h5-8H,2-4H2,1H3. The molecular formula is C12H13N3O2. The third kappa shape index (κ3) is 1.50. The van der Waals surface area contributed by atoms with Gasteiger partial charge in [0.2, 0.25) is 0 Å². The smallest absolute Gasteiger partial charge is 0.356 e. The van der Waals surface area contributed by atoms with E-state index in [1.165, 1.54) is 13.5 Å². The summed E-state index contributed by atoms with van der Waals surface area (Å²) in [7, 11) is 1.38. The van der Waals surface area contributed by atoms with Crippen molar-refractivity contribution in [3.8, 4) is 0 Å². The second kappa shape index (κ2) is 3.84. The van der Waals surface area contributed by atoms with Crippen LogP contribution in [0.5, 0.6) is 0 Å². The van der Waals surface area contributed by atoms with E-state index in [1.54, 1.807) is 12.4 Å². The number of carbonyl (C=O) groups excluding carboxylic acids is 1. The van der Waals surface area contributed by atoms with Crippen LogP contribution in [0.1, 0.15) is 41.4 Å². The van der Waals surface area contributed by atoms with Gasteiger partial charge in [-0.25, -0.2) is 9.78 Å². The lowest BCUT2D eigenvalue weighted by Crippen LogP contribution is -2.16. The predicted molar refractivity (Wildman–Crippen MR) is 60.9 cm³/mol. The Kier molecular flexibility index (Phi) is 2.31. The van der Waals surface area contributed by atoms with Crippen molar-refractivity contribution in [3.05, 3.63) is 30.0 Å². The summed E-state index contributed by atoms with van der Waals surface area (Å²) in [6.45, 7) is 0. The number of hydrogen-bond acceptors (Lipinski definition) is 4. The van der Waals surface area contributed by atoms with E-state index in [4.69, 9.17) is 4.74 Å². The Hall–Kier alpha value is -1.91. The topological polar surface area (TPSA) is 56.5 Å². The molecule has 2 heterocycles. The average molecular weight is 231 g/mol. The van der Waals surface area contributed by atoms with Crippen LogP contribution >= 0.6 is 0 Å². The molecule has 5 nitrogen and oxygen atoms in total. The summed E-state index contributed by atoms with van der Waals surface area (Å²) in [6.07, 6.45) is 8.58. The van der Waals surface area contributed by atoms with E-state index in [-0.39, 0.29) is 5.97 Å². The molecule has 0 spiro atoms. The first-order valence-corrected chi connectivity index (χ1v) is 5.71. The fourth-order valence-electron chi connectivity index (χ4n) is 2.21. The molecule has 5 heteroatoms. The highest BCUT2D eigenvalue weighted by molar-refractivity contribution is 5.88. The molecule has 1 fully saturated rings. The van der Waals surface area contributed by atoms with E-state index < -0.39 is 0 Å². The van der Waals surface area contributed by atoms with Crippen LogP contribution in [0, 0.1) is 0 Å². The van der Waals surface area contributed by atoms with E-state index in [2.05, 4.69) is 9.97 Å². The Morgan fingerprint density at radius 2 is 2.24 bits per heavy atom. The third-order valence-corrected chi connectivity index (χ3v) is 3.36. The molecule has 3 rings (SSSR count). The van der Waals surface area contributed by atoms with Gasteiger partial charge in [0.15, 0.2) is 11.3 Å². The quantitative estimate of drug-likeness (QED) is 0.739. The molecule has 0 radical (unpaired) electrons. The molecule has 88 valence electrons. The molecule has 0 aliphatic heterocycles. The first kappa shape index (κ1) is 10.3. The summed E-state index contributed by atoms with van der Waals surface area (Å²) in [4.78, 5) is 20.0. The molecule has 0 bridgehead atoms. The summed E-state index contributed by atoms with van der Waals surface area (Å²) in [6, 6.07) is 0. The van der Waals surface area contributed by atoms with Crippen LogP contribution in [0.15, 0.2) is 18.6 Å². The van der Waals surface area contributed by atoms with Gasteiger partial charge >= 0.3 is 5.97 Å². The van der Waals surface area contributed by atoms with Crippen molar-refractivity contribution in [2.75, 3.05) is 7.11 Å². The molecule has 0 saturated heterocycles. The molecule has 0 aromatic carbocycles. The average Bonchev–Trinajstić information content (AvgIpc) is 2.70. The van der Waals surface area contributed by atoms with Crippen LogP contribution in [0.2, 0.25) is 0 Å². The molecule has 0 N–H and O–H groups in total. The normalized spacial score (nSPS) is 15.8. The summed E-state index contributed by atoms with van der Waals surface area (Å²) >= 11 is 0. The van der Waals surface area contributed by atoms with Gasteiger partial charge in [0.05, 0.1) is 19.5 Å². The number of aromatic nitrogens is 3. The first-order valence-electron chi connectivity index (χ1n) is 5.71. The Labute approximate surface area is 98.4 Å². The van der Waals surface area contributed by atoms with Gasteiger partial charge in [-0.05, 0) is 12.8 Å². The van der Waals surface area contributed by atoms with E-state index >= 15 is 0 Å². The number of ether oxygens (including phenoxy) is 1. The largest absolute Gasteiger partial charge is 0.464 e. The molecule has 1 aliphatic rings. The summed E-state index contributed by atoms with van der Waals surface area (Å²) in [5.74, 6) is 0.132. The Morgan fingerprint density at radius 1 is 1.41 bits per heavy atom. The third-order valence-electron chi connectivity index (χ3n) is 3.36. The van der Waals surface area contributed by atoms with E-state index in [1.807, 2.05) is 10.6 Å². The monoisotopic (exact) mass is 231 g/mol. The van der Waals surface area contributed by atoms with Gasteiger partial charge in [-0.2, -0.15) is 0 Å². The minimum absolute atomic E-state index is 0.357. The highest BCUT2D eigenvalue weighted by Crippen LogP contribution is 2.36. The number of hydrogen-bond donors (Lipinski definition) is 0. The van der Waals surface area contributed by atoms with E-state index in [9.17, 15) is 4.79 Å². The molecule has 0 unspecified atom stereocenters. The van der Waals surface area contributed by atoms with Gasteiger partial charge in [0.1, 0.15) is 0 Å². The van der Waals surface area contributed by atoms with E-state index in [0.29, 0.717) is 17.3 Å². The van der Waals surface area contributed by atoms with Crippen molar-refractivity contribution in [2.24, 2.45) is 0 Å². The van der Waals surface area contributed by atoms with Gasteiger partial charge in [-0.1, -0.05) is 6.42 Å². The molecule has 0 amide bonds. The van der Waals surface area contributed by atoms with Crippen molar-refractivity contribution in [1.29, 1.82) is 0 Å². The number of methoxy groups -OCH3 is 1. The highest BCUT2D eigenvalue weighted by Gasteiger charge is 2.25. The van der Waals surface area contributed by atoms with Crippen LogP contribution in [0.25, 0.3) is 5.65 Å². The van der Waals surface area contributed by atoms with Gasteiger partial charge in [-0.3, -0.25) is 9.38 Å². The minimum atomic E-state index is -0.357. The fraction of sp³-hybridized carbons (Fsp3) is 0.417. The van der Waals surface area contributed by atoms with Crippen molar-refractivity contribution < 1.29 is 9.53 Å². The van der Waals surface area contributed by atoms with Crippen LogP contribution in [0.3, 0.4) is 0 Å². The van der Waals surface area contributed by atoms with E-state index in [0.717, 1.165) is 18.5 Å². The molecule has 1 aliphatic carbocycles. The van der Waals surface area contributed by atoms with Crippen LogP contribution in [0.4, 0.5) is 0 Å². The highest BCUT2D eigenvalue weighted by atomic mass is 16.5. The second-order valence-corrected chi connectivity index (χ2v) is 4.29. The maximum absolute atomic E-state index is 11.7. The molecule has 2 aromatic rings. The molecule has 1 saturated carbocycles. The SMILES string of the molecule is COC(=O)c1cnc2cncc(C3CCC3)n12. The lowest BCUT2D eigenvalue weighted by atomic mass is 9.83. The summed E-state index contributed by atoms with van der Waals surface area (Å²) in [5, 5.41) is 0. The number of carbonyl (C=O) groups is 1. The number of imidazole rings is 1. The van der Waals surface area contributed by atoms with Crippen LogP contribution < -0.4 is 0 Å². The Balaban J connectivity index is 2.20. The molecule has 17 heavy (non-hydrogen) atoms. The zero-order chi connectivity index (χ0) is 11.8. The Morgan fingerprint density at radius 3 is 2.88 bits per heavy atom. The van der Waals surface area contributed by atoms with Crippen molar-refractivity contribution in [1.82, 2.24) is 14.4 Å². The zero-order valence-electron chi connectivity index (χ0n) is 9.59. The van der Waals surface area contributed by atoms with Gasteiger partial charge in [0.25, 0.3) is 0 Å². The number of nitrogens with zero attached hydrogens (tertiary/aromatic N) is 3. The minimum Gasteiger partial charge on any atom is -0.464 e. The molecular weight excluding hydrogens is 218 g/mol. The molecule has 2 aromatic heterocycles.